The number of nitrogens with one attached hydrogen (secondary N) is 1. The molecule has 1 N–H and O–H groups in total. The lowest BCUT2D eigenvalue weighted by Gasteiger charge is -2.21. The van der Waals surface area contributed by atoms with Crippen molar-refractivity contribution in [2.45, 2.75) is 25.3 Å². The van der Waals surface area contributed by atoms with E-state index in [1.165, 1.54) is 6.42 Å². The second kappa shape index (κ2) is 4.30. The van der Waals surface area contributed by atoms with Gasteiger partial charge in [-0.15, -0.1) is 0 Å². The van der Waals surface area contributed by atoms with E-state index in [-0.39, 0.29) is 6.04 Å². The molecule has 1 aliphatic heterocycles. The highest BCUT2D eigenvalue weighted by molar-refractivity contribution is 5.76. The van der Waals surface area contributed by atoms with Crippen LogP contribution in [0.15, 0.2) is 30.5 Å². The van der Waals surface area contributed by atoms with Crippen molar-refractivity contribution in [1.82, 2.24) is 10.3 Å². The largest absolute Gasteiger partial charge is 0.711 e. The van der Waals surface area contributed by atoms with Crippen molar-refractivity contribution < 1.29 is 4.73 Å². The molecule has 0 spiro atoms. The molecule has 0 radical (unpaired) electrons. The Hall–Kier alpha value is -1.68. The van der Waals surface area contributed by atoms with Crippen LogP contribution < -0.4 is 10.0 Å². The Morgan fingerprint density at radius 3 is 3.00 bits per heavy atom. The van der Waals surface area contributed by atoms with Gasteiger partial charge >= 0.3 is 5.82 Å². The molecule has 1 atom stereocenters. The number of hydrogen-bond acceptors (Lipinski definition) is 3. The maximum atomic E-state index is 11.9. The Morgan fingerprint density at radius 1 is 1.29 bits per heavy atom. The Labute approximate surface area is 99.9 Å². The van der Waals surface area contributed by atoms with Crippen molar-refractivity contribution in [2.75, 3.05) is 6.54 Å². The predicted molar refractivity (Wildman–Crippen MR) is 65.3 cm³/mol. The molecule has 0 bridgehead atoms. The first-order chi connectivity index (χ1) is 8.34. The maximum Gasteiger partial charge on any atom is 0.319 e. The molecule has 1 aliphatic rings. The fourth-order valence-electron chi connectivity index (χ4n) is 2.37. The summed E-state index contributed by atoms with van der Waals surface area (Å²) in [5, 5.41) is 16.2. The van der Waals surface area contributed by atoms with Crippen LogP contribution in [0.5, 0.6) is 0 Å². The van der Waals surface area contributed by atoms with Crippen LogP contribution in [-0.4, -0.2) is 11.5 Å². The number of benzene rings is 1. The van der Waals surface area contributed by atoms with Crippen molar-refractivity contribution in [1.29, 1.82) is 0 Å². The fraction of sp³-hybridized carbons (Fsp3) is 0.385. The number of piperidine rings is 1. The second-order valence-electron chi connectivity index (χ2n) is 4.49. The third-order valence-corrected chi connectivity index (χ3v) is 3.28. The monoisotopic (exact) mass is 229 g/mol. The topological polar surface area (TPSA) is 51.9 Å². The average Bonchev–Trinajstić information content (AvgIpc) is 2.39. The molecule has 1 unspecified atom stereocenters. The SMILES string of the molecule is [O-][n+]1cc2ccccc2nc1C1CCCCN1. The van der Waals surface area contributed by atoms with Gasteiger partial charge in [0, 0.05) is 0 Å². The molecule has 0 aliphatic carbocycles. The molecule has 4 heteroatoms. The van der Waals surface area contributed by atoms with Gasteiger partial charge in [-0.1, -0.05) is 12.1 Å². The van der Waals surface area contributed by atoms with E-state index < -0.39 is 0 Å². The van der Waals surface area contributed by atoms with Crippen LogP contribution in [0.3, 0.4) is 0 Å². The third kappa shape index (κ3) is 1.96. The minimum Gasteiger partial charge on any atom is -0.711 e. The predicted octanol–water partition coefficient (Wildman–Crippen LogP) is 1.68. The van der Waals surface area contributed by atoms with Gasteiger partial charge in [-0.3, -0.25) is 0 Å². The molecule has 2 aromatic rings. The number of hydrogen-bond donors (Lipinski definition) is 1. The smallest absolute Gasteiger partial charge is 0.319 e. The summed E-state index contributed by atoms with van der Waals surface area (Å²) in [5.41, 5.74) is 0.891. The highest BCUT2D eigenvalue weighted by Crippen LogP contribution is 2.20. The van der Waals surface area contributed by atoms with Gasteiger partial charge < -0.3 is 10.5 Å². The Kier molecular flexibility index (Phi) is 2.65. The minimum atomic E-state index is 0.103. The number of aromatic nitrogens is 2. The fourth-order valence-corrected chi connectivity index (χ4v) is 2.37. The highest BCUT2D eigenvalue weighted by Gasteiger charge is 2.24. The van der Waals surface area contributed by atoms with E-state index in [0.29, 0.717) is 5.82 Å². The van der Waals surface area contributed by atoms with Gasteiger partial charge in [0.05, 0.1) is 5.39 Å². The number of rotatable bonds is 1. The minimum absolute atomic E-state index is 0.103. The molecule has 2 heterocycles. The van der Waals surface area contributed by atoms with Crippen LogP contribution in [0.1, 0.15) is 31.1 Å². The van der Waals surface area contributed by atoms with Crippen LogP contribution >= 0.6 is 0 Å². The summed E-state index contributed by atoms with van der Waals surface area (Å²) in [6.07, 6.45) is 4.96. The van der Waals surface area contributed by atoms with Crippen molar-refractivity contribution in [3.63, 3.8) is 0 Å². The second-order valence-corrected chi connectivity index (χ2v) is 4.49. The lowest BCUT2D eigenvalue weighted by Crippen LogP contribution is -2.40. The average molecular weight is 229 g/mol. The molecule has 0 amide bonds. The van der Waals surface area contributed by atoms with Gasteiger partial charge in [-0.2, -0.15) is 0 Å². The van der Waals surface area contributed by atoms with E-state index >= 15 is 0 Å². The summed E-state index contributed by atoms with van der Waals surface area (Å²) >= 11 is 0. The van der Waals surface area contributed by atoms with Gasteiger partial charge in [0.2, 0.25) is 0 Å². The summed E-state index contributed by atoms with van der Waals surface area (Å²) in [5.74, 6) is 0.600. The molecule has 1 aromatic carbocycles. The zero-order valence-corrected chi connectivity index (χ0v) is 9.60. The molecule has 1 fully saturated rings. The van der Waals surface area contributed by atoms with Gasteiger partial charge in [0.1, 0.15) is 12.2 Å². The van der Waals surface area contributed by atoms with E-state index in [0.717, 1.165) is 35.0 Å². The lowest BCUT2D eigenvalue weighted by molar-refractivity contribution is -0.618. The molecular weight excluding hydrogens is 214 g/mol. The van der Waals surface area contributed by atoms with Crippen LogP contribution in [0, 0.1) is 5.21 Å². The Balaban J connectivity index is 2.06. The van der Waals surface area contributed by atoms with Crippen molar-refractivity contribution >= 4 is 10.9 Å². The summed E-state index contributed by atoms with van der Waals surface area (Å²) in [6.45, 7) is 0.971. The summed E-state index contributed by atoms with van der Waals surface area (Å²) < 4.78 is 0.908. The highest BCUT2D eigenvalue weighted by atomic mass is 16.5. The molecule has 88 valence electrons. The normalized spacial score (nSPS) is 20.6. The zero-order valence-electron chi connectivity index (χ0n) is 9.60. The number of para-hydroxylation sites is 1. The molecule has 3 rings (SSSR count). The van der Waals surface area contributed by atoms with Crippen LogP contribution in [0.4, 0.5) is 0 Å². The van der Waals surface area contributed by atoms with E-state index in [4.69, 9.17) is 0 Å². The van der Waals surface area contributed by atoms with E-state index in [2.05, 4.69) is 10.3 Å². The number of fused-ring (bicyclic) bond motifs is 1. The van der Waals surface area contributed by atoms with Crippen molar-refractivity contribution in [2.24, 2.45) is 0 Å². The molecule has 1 saturated heterocycles. The number of nitrogens with zero attached hydrogens (tertiary/aromatic N) is 2. The molecular formula is C13H15N3O. The standard InChI is InChI=1S/C13H15N3O/c17-16-9-10-5-1-2-6-11(10)15-13(16)12-7-3-4-8-14-12/h1-2,5-6,9,12,14H,3-4,7-8H2. The Morgan fingerprint density at radius 2 is 2.18 bits per heavy atom. The van der Waals surface area contributed by atoms with Gasteiger partial charge in [0.15, 0.2) is 5.52 Å². The molecule has 17 heavy (non-hydrogen) atoms. The van der Waals surface area contributed by atoms with Gasteiger partial charge in [0.25, 0.3) is 0 Å². The first-order valence-corrected chi connectivity index (χ1v) is 6.07. The zero-order chi connectivity index (χ0) is 11.7. The first-order valence-electron chi connectivity index (χ1n) is 6.07. The molecule has 4 nitrogen and oxygen atoms in total. The van der Waals surface area contributed by atoms with E-state index in [1.807, 2.05) is 24.3 Å². The maximum absolute atomic E-state index is 11.9. The third-order valence-electron chi connectivity index (χ3n) is 3.28. The van der Waals surface area contributed by atoms with Crippen LogP contribution in [0.25, 0.3) is 10.9 Å². The van der Waals surface area contributed by atoms with Gasteiger partial charge in [-0.05, 0) is 42.9 Å². The molecule has 1 aromatic heterocycles. The van der Waals surface area contributed by atoms with Crippen molar-refractivity contribution in [3.8, 4) is 0 Å². The van der Waals surface area contributed by atoms with Crippen LogP contribution in [0.2, 0.25) is 0 Å². The van der Waals surface area contributed by atoms with Crippen molar-refractivity contribution in [3.05, 3.63) is 41.5 Å². The van der Waals surface area contributed by atoms with Gasteiger partial charge in [-0.25, -0.2) is 4.73 Å². The Bertz CT molecular complexity index is 535. The quantitative estimate of drug-likeness (QED) is 0.598. The van der Waals surface area contributed by atoms with E-state index in [1.54, 1.807) is 6.20 Å². The molecule has 0 saturated carbocycles. The first kappa shape index (κ1) is 10.5. The van der Waals surface area contributed by atoms with Crippen LogP contribution in [-0.2, 0) is 0 Å². The van der Waals surface area contributed by atoms with E-state index in [9.17, 15) is 5.21 Å². The summed E-state index contributed by atoms with van der Waals surface area (Å²) in [6, 6.07) is 7.83. The summed E-state index contributed by atoms with van der Waals surface area (Å²) in [7, 11) is 0. The lowest BCUT2D eigenvalue weighted by atomic mass is 10.0. The summed E-state index contributed by atoms with van der Waals surface area (Å²) in [4.78, 5) is 4.49.